The Morgan fingerprint density at radius 2 is 1.06 bits per heavy atom. The standard InChI is InChI=1S/C8H6N2O8/c11-1-9-7(17)5(15)3(13)4(14)6(16)8(7,18)10-2-12/h13-18H. The average Bonchev–Trinajstić information content (AvgIpc) is 2.34. The van der Waals surface area contributed by atoms with Crippen LogP contribution in [-0.4, -0.2) is 54.2 Å². The van der Waals surface area contributed by atoms with Crippen LogP contribution in [0, 0.1) is 0 Å². The molecular formula is C8H6N2O8. The highest BCUT2D eigenvalue weighted by molar-refractivity contribution is 5.48. The number of isocyanates is 2. The summed E-state index contributed by atoms with van der Waals surface area (Å²) in [7, 11) is 0. The molecule has 0 aliphatic heterocycles. The van der Waals surface area contributed by atoms with E-state index in [1.54, 1.807) is 0 Å². The predicted molar refractivity (Wildman–Crippen MR) is 50.7 cm³/mol. The maximum absolute atomic E-state index is 10.1. The zero-order valence-corrected chi connectivity index (χ0v) is 8.39. The molecule has 10 heteroatoms. The van der Waals surface area contributed by atoms with Crippen molar-refractivity contribution >= 4 is 12.2 Å². The Hall–Kier alpha value is -2.64. The highest BCUT2D eigenvalue weighted by Gasteiger charge is 2.63. The SMILES string of the molecule is O=C=NC1(O)C(O)=C(O)C(O)=C(O)C1(O)N=C=O. The summed E-state index contributed by atoms with van der Waals surface area (Å²) in [6.45, 7) is 0. The number of hydrogen-bond donors (Lipinski definition) is 6. The first-order valence-corrected chi connectivity index (χ1v) is 4.14. The van der Waals surface area contributed by atoms with Crippen molar-refractivity contribution in [2.75, 3.05) is 0 Å². The molecule has 6 N–H and O–H groups in total. The molecular weight excluding hydrogens is 252 g/mol. The van der Waals surface area contributed by atoms with E-state index in [9.17, 15) is 30.0 Å². The maximum atomic E-state index is 10.1. The fourth-order valence-corrected chi connectivity index (χ4v) is 1.28. The molecule has 0 aromatic rings. The van der Waals surface area contributed by atoms with Crippen molar-refractivity contribution in [3.63, 3.8) is 0 Å². The van der Waals surface area contributed by atoms with Crippen LogP contribution in [0.1, 0.15) is 0 Å². The third-order valence-electron chi connectivity index (χ3n) is 2.23. The molecule has 0 aromatic carbocycles. The topological polar surface area (TPSA) is 180 Å². The molecule has 2 atom stereocenters. The van der Waals surface area contributed by atoms with E-state index >= 15 is 0 Å². The fraction of sp³-hybridized carbons (Fsp3) is 0.250. The van der Waals surface area contributed by atoms with E-state index < -0.39 is 34.5 Å². The van der Waals surface area contributed by atoms with Crippen LogP contribution in [0.5, 0.6) is 0 Å². The molecule has 0 spiro atoms. The van der Waals surface area contributed by atoms with Crippen molar-refractivity contribution in [1.29, 1.82) is 0 Å². The summed E-state index contributed by atoms with van der Waals surface area (Å²) in [4.78, 5) is 25.4. The van der Waals surface area contributed by atoms with Crippen molar-refractivity contribution in [3.05, 3.63) is 23.0 Å². The normalized spacial score (nSPS) is 31.7. The lowest BCUT2D eigenvalue weighted by Gasteiger charge is -2.36. The van der Waals surface area contributed by atoms with E-state index in [0.717, 1.165) is 12.2 Å². The number of aliphatic hydroxyl groups is 6. The zero-order chi connectivity index (χ0) is 14.1. The lowest BCUT2D eigenvalue weighted by atomic mass is 9.89. The van der Waals surface area contributed by atoms with Crippen LogP contribution >= 0.6 is 0 Å². The summed E-state index contributed by atoms with van der Waals surface area (Å²) in [5, 5.41) is 56.4. The van der Waals surface area contributed by atoms with Gasteiger partial charge in [-0.05, 0) is 0 Å². The molecule has 0 aromatic heterocycles. The molecule has 1 aliphatic carbocycles. The molecule has 10 nitrogen and oxygen atoms in total. The Bertz CT molecular complexity index is 503. The molecule has 0 saturated heterocycles. The minimum Gasteiger partial charge on any atom is -0.504 e. The molecule has 1 rings (SSSR count). The highest BCUT2D eigenvalue weighted by atomic mass is 16.4. The summed E-state index contributed by atoms with van der Waals surface area (Å²) in [6, 6.07) is 0. The smallest absolute Gasteiger partial charge is 0.288 e. The molecule has 0 heterocycles. The Labute approximate surface area is 97.8 Å². The Morgan fingerprint density at radius 3 is 1.28 bits per heavy atom. The molecule has 1 aliphatic rings. The van der Waals surface area contributed by atoms with Crippen LogP contribution in [-0.2, 0) is 9.59 Å². The van der Waals surface area contributed by atoms with Gasteiger partial charge in [0.1, 0.15) is 0 Å². The third kappa shape index (κ3) is 1.39. The molecule has 2 unspecified atom stereocenters. The predicted octanol–water partition coefficient (Wildman–Crippen LogP) is -1.30. The molecule has 18 heavy (non-hydrogen) atoms. The number of nitrogens with zero attached hydrogens (tertiary/aromatic N) is 2. The third-order valence-corrected chi connectivity index (χ3v) is 2.23. The van der Waals surface area contributed by atoms with Crippen LogP contribution in [0.25, 0.3) is 0 Å². The van der Waals surface area contributed by atoms with Crippen LogP contribution in [0.4, 0.5) is 0 Å². The summed E-state index contributed by atoms with van der Waals surface area (Å²) >= 11 is 0. The van der Waals surface area contributed by atoms with Gasteiger partial charge in [-0.3, -0.25) is 0 Å². The number of carbonyl (C=O) groups excluding carboxylic acids is 2. The highest BCUT2D eigenvalue weighted by Crippen LogP contribution is 2.42. The van der Waals surface area contributed by atoms with E-state index in [1.165, 1.54) is 0 Å². The van der Waals surface area contributed by atoms with Gasteiger partial charge in [-0.1, -0.05) is 0 Å². The second kappa shape index (κ2) is 3.99. The van der Waals surface area contributed by atoms with Gasteiger partial charge >= 0.3 is 0 Å². The lowest BCUT2D eigenvalue weighted by molar-refractivity contribution is -0.142. The van der Waals surface area contributed by atoms with E-state index in [-0.39, 0.29) is 0 Å². The monoisotopic (exact) mass is 258 g/mol. The van der Waals surface area contributed by atoms with Gasteiger partial charge in [-0.15, -0.1) is 0 Å². The quantitative estimate of drug-likeness (QED) is 0.261. The van der Waals surface area contributed by atoms with Gasteiger partial charge in [-0.25, -0.2) is 9.59 Å². The van der Waals surface area contributed by atoms with Crippen molar-refractivity contribution in [1.82, 2.24) is 0 Å². The van der Waals surface area contributed by atoms with Crippen molar-refractivity contribution in [2.24, 2.45) is 9.98 Å². The summed E-state index contributed by atoms with van der Waals surface area (Å²) in [6.07, 6.45) is 1.46. The van der Waals surface area contributed by atoms with Gasteiger partial charge < -0.3 is 30.6 Å². The molecule has 0 bridgehead atoms. The molecule has 0 fully saturated rings. The molecule has 0 saturated carbocycles. The van der Waals surface area contributed by atoms with Crippen LogP contribution in [0.3, 0.4) is 0 Å². The second-order valence-electron chi connectivity index (χ2n) is 3.15. The largest absolute Gasteiger partial charge is 0.504 e. The lowest BCUT2D eigenvalue weighted by Crippen LogP contribution is -2.57. The second-order valence-corrected chi connectivity index (χ2v) is 3.15. The molecule has 96 valence electrons. The number of hydrogen-bond acceptors (Lipinski definition) is 10. The van der Waals surface area contributed by atoms with Crippen molar-refractivity contribution in [2.45, 2.75) is 11.4 Å². The van der Waals surface area contributed by atoms with Gasteiger partial charge in [-0.2, -0.15) is 9.98 Å². The Balaban J connectivity index is 3.78. The number of aliphatic hydroxyl groups excluding tert-OH is 4. The maximum Gasteiger partial charge on any atom is 0.288 e. The van der Waals surface area contributed by atoms with E-state index in [0.29, 0.717) is 0 Å². The van der Waals surface area contributed by atoms with Crippen molar-refractivity contribution in [3.8, 4) is 0 Å². The fourth-order valence-electron chi connectivity index (χ4n) is 1.28. The Kier molecular flexibility index (Phi) is 2.97. The average molecular weight is 258 g/mol. The summed E-state index contributed by atoms with van der Waals surface area (Å²) in [5.74, 6) is -6.19. The molecule has 0 amide bonds. The first-order chi connectivity index (χ1) is 8.26. The van der Waals surface area contributed by atoms with E-state index in [4.69, 9.17) is 10.2 Å². The minimum absolute atomic E-state index is 0.732. The minimum atomic E-state index is -3.44. The summed E-state index contributed by atoms with van der Waals surface area (Å²) < 4.78 is 0. The number of rotatable bonds is 2. The number of aliphatic imine (C=N–C) groups is 2. The summed E-state index contributed by atoms with van der Waals surface area (Å²) in [5.41, 5.74) is -6.88. The van der Waals surface area contributed by atoms with Gasteiger partial charge in [0.05, 0.1) is 0 Å². The van der Waals surface area contributed by atoms with Gasteiger partial charge in [0, 0.05) is 0 Å². The van der Waals surface area contributed by atoms with Crippen molar-refractivity contribution < 1.29 is 40.2 Å². The molecule has 0 radical (unpaired) electrons. The van der Waals surface area contributed by atoms with Gasteiger partial charge in [0.25, 0.3) is 11.4 Å². The van der Waals surface area contributed by atoms with E-state index in [2.05, 4.69) is 9.98 Å². The first-order valence-electron chi connectivity index (χ1n) is 4.14. The first kappa shape index (κ1) is 13.4. The van der Waals surface area contributed by atoms with Crippen LogP contribution in [0.15, 0.2) is 33.0 Å². The van der Waals surface area contributed by atoms with Gasteiger partial charge in [0.2, 0.25) is 35.2 Å². The van der Waals surface area contributed by atoms with Crippen LogP contribution in [0.2, 0.25) is 0 Å². The van der Waals surface area contributed by atoms with Crippen LogP contribution < -0.4 is 0 Å². The van der Waals surface area contributed by atoms with Gasteiger partial charge in [0.15, 0.2) is 0 Å². The Morgan fingerprint density at radius 1 is 0.778 bits per heavy atom. The van der Waals surface area contributed by atoms with E-state index in [1.807, 2.05) is 0 Å². The zero-order valence-electron chi connectivity index (χ0n) is 8.39.